The third-order valence-electron chi connectivity index (χ3n) is 5.47. The summed E-state index contributed by atoms with van der Waals surface area (Å²) in [7, 11) is -13.1. The Morgan fingerprint density at radius 1 is 0.854 bits per heavy atom. The van der Waals surface area contributed by atoms with E-state index in [1.165, 1.54) is 30.3 Å². The number of phenols is 1. The first-order chi connectivity index (χ1) is 18.6. The molecule has 0 spiro atoms. The molecule has 0 amide bonds. The van der Waals surface area contributed by atoms with Crippen LogP contribution in [0.25, 0.3) is 10.8 Å². The number of hydrogen-bond donors (Lipinski definition) is 3. The minimum atomic E-state index is -4.69. The van der Waals surface area contributed by atoms with Crippen LogP contribution in [0.1, 0.15) is 1.43 Å². The summed E-state index contributed by atoms with van der Waals surface area (Å²) in [6.45, 7) is 0. The molecule has 0 unspecified atom stereocenters. The number of hydrogen-bond acceptors (Lipinski definition) is 11. The maximum Gasteiger partial charge on any atom is 1.00 e. The molecule has 4 aromatic rings. The molecule has 0 aromatic heterocycles. The third-order valence-corrected chi connectivity index (χ3v) is 8.81. The number of anilines is 1. The molecule has 4 rings (SSSR count). The van der Waals surface area contributed by atoms with E-state index in [1.807, 2.05) is 0 Å². The minimum absolute atomic E-state index is 0. The summed E-state index contributed by atoms with van der Waals surface area (Å²) in [5.74, 6) is -0.254. The molecule has 0 heterocycles. The Bertz CT molecular complexity index is 2060. The number of non-ortho nitro benzene ring substituents is 1. The largest absolute Gasteiger partial charge is 1.00 e. The first-order valence-electron chi connectivity index (χ1n) is 10.8. The van der Waals surface area contributed by atoms with Gasteiger partial charge in [0.2, 0.25) is 0 Å². The Labute approximate surface area is 277 Å². The number of nitrogens with one attached hydrogen (secondary N) is 1. The minimum Gasteiger partial charge on any atom is -1.00 e. The fourth-order valence-corrected chi connectivity index (χ4v) is 6.19. The zero-order valence-electron chi connectivity index (χ0n) is 22.2. The summed E-state index contributed by atoms with van der Waals surface area (Å²) in [5.41, 5.74) is -0.833. The Hall–Kier alpha value is -2.81. The number of sulfone groups is 1. The first-order valence-corrected chi connectivity index (χ1v) is 15.6. The van der Waals surface area contributed by atoms with Crippen LogP contribution in [0.15, 0.2) is 97.7 Å². The molecule has 0 saturated heterocycles. The van der Waals surface area contributed by atoms with Crippen molar-refractivity contribution in [1.82, 2.24) is 0 Å². The molecule has 0 aliphatic carbocycles. The van der Waals surface area contributed by atoms with E-state index >= 15 is 0 Å². The van der Waals surface area contributed by atoms with E-state index in [2.05, 4.69) is 15.0 Å². The number of nitro benzene ring substituents is 1. The van der Waals surface area contributed by atoms with Crippen molar-refractivity contribution in [2.75, 3.05) is 11.0 Å². The topological polar surface area (TPSA) is 223 Å². The van der Waals surface area contributed by atoms with Crippen LogP contribution in [0.4, 0.5) is 22.7 Å². The summed E-state index contributed by atoms with van der Waals surface area (Å²) in [4.78, 5) is 8.73. The summed E-state index contributed by atoms with van der Waals surface area (Å²) in [6, 6.07) is 13.7. The van der Waals surface area contributed by atoms with Gasteiger partial charge in [-0.2, -0.15) is 8.42 Å². The molecular weight excluding hydrogens is 628 g/mol. The van der Waals surface area contributed by atoms with Gasteiger partial charge in [-0.15, -0.1) is 10.2 Å². The van der Waals surface area contributed by atoms with Gasteiger partial charge in [-0.05, 0) is 42.5 Å². The zero-order chi connectivity index (χ0) is 29.5. The molecule has 0 saturated carbocycles. The smallest absolute Gasteiger partial charge is 1.00 e. The summed E-state index contributed by atoms with van der Waals surface area (Å²) < 4.78 is 85.2. The SMILES string of the molecule is CS(=O)(=O)c1cc([N+](=O)[O-])ccc1N=Nc1ccc(O)c2cccc(NS(=O)(=O)c3cccc(S(=O)(=O)O)c3)c12.[H-].[K+]. The predicted octanol–water partition coefficient (Wildman–Crippen LogP) is 1.44. The fourth-order valence-electron chi connectivity index (χ4n) is 3.65. The zero-order valence-corrected chi connectivity index (χ0v) is 26.7. The van der Waals surface area contributed by atoms with E-state index in [0.29, 0.717) is 0 Å². The number of sulfonamides is 1. The van der Waals surface area contributed by atoms with Crippen LogP contribution in [-0.2, 0) is 30.0 Å². The van der Waals surface area contributed by atoms with Crippen molar-refractivity contribution in [3.8, 4) is 5.75 Å². The quantitative estimate of drug-likeness (QED) is 0.0821. The van der Waals surface area contributed by atoms with Gasteiger partial charge in [0.05, 0.1) is 26.1 Å². The van der Waals surface area contributed by atoms with Gasteiger partial charge in [0, 0.05) is 29.2 Å². The van der Waals surface area contributed by atoms with Crippen LogP contribution in [0.5, 0.6) is 5.75 Å². The fraction of sp³-hybridized carbons (Fsp3) is 0.0435. The monoisotopic (exact) mass is 646 g/mol. The number of aromatic hydroxyl groups is 1. The van der Waals surface area contributed by atoms with Crippen molar-refractivity contribution < 1.29 is 92.6 Å². The van der Waals surface area contributed by atoms with E-state index in [0.717, 1.165) is 48.7 Å². The molecular formula is C23H19KN4O10S3. The van der Waals surface area contributed by atoms with Crippen LogP contribution in [0.3, 0.4) is 0 Å². The Balaban J connectivity index is 0.00000308. The third kappa shape index (κ3) is 7.34. The van der Waals surface area contributed by atoms with Gasteiger partial charge in [-0.3, -0.25) is 19.4 Å². The van der Waals surface area contributed by atoms with Gasteiger partial charge in [-0.1, -0.05) is 18.2 Å². The van der Waals surface area contributed by atoms with Crippen molar-refractivity contribution in [2.45, 2.75) is 14.7 Å². The van der Waals surface area contributed by atoms with Gasteiger partial charge in [0.25, 0.3) is 25.8 Å². The normalized spacial score (nSPS) is 12.2. The Kier molecular flexibility index (Phi) is 9.73. The number of benzene rings is 4. The van der Waals surface area contributed by atoms with E-state index in [-0.39, 0.29) is 86.4 Å². The summed E-state index contributed by atoms with van der Waals surface area (Å²) >= 11 is 0. The predicted molar refractivity (Wildman–Crippen MR) is 144 cm³/mol. The molecule has 0 atom stereocenters. The molecule has 0 aliphatic rings. The number of fused-ring (bicyclic) bond motifs is 1. The van der Waals surface area contributed by atoms with Gasteiger partial charge >= 0.3 is 51.4 Å². The average Bonchev–Trinajstić information content (AvgIpc) is 2.87. The van der Waals surface area contributed by atoms with Crippen molar-refractivity contribution in [3.63, 3.8) is 0 Å². The second-order valence-corrected chi connectivity index (χ2v) is 13.4. The van der Waals surface area contributed by atoms with E-state index in [1.54, 1.807) is 0 Å². The standard InChI is InChI=1S/C23H18N4O10S3.K.H/c1-38(31,32)22-12-14(27(29)30)8-9-18(22)24-25-19-10-11-21(28)17-6-3-7-20(23(17)19)26-39(33,34)15-4-2-5-16(13-15)40(35,36)37;;/h2-13,26,28H,1H3,(H,35,36,37);;/q;+1;-1. The number of rotatable bonds is 8. The maximum absolute atomic E-state index is 13.1. The second-order valence-electron chi connectivity index (χ2n) is 8.27. The molecule has 14 nitrogen and oxygen atoms in total. The molecule has 4 aromatic carbocycles. The van der Waals surface area contributed by atoms with E-state index in [9.17, 15) is 45.0 Å². The average molecular weight is 647 g/mol. The van der Waals surface area contributed by atoms with Crippen molar-refractivity contribution >= 4 is 63.5 Å². The summed E-state index contributed by atoms with van der Waals surface area (Å²) in [5, 5.41) is 29.6. The molecule has 0 radical (unpaired) electrons. The molecule has 3 N–H and O–H groups in total. The Morgan fingerprint density at radius 2 is 1.46 bits per heavy atom. The van der Waals surface area contributed by atoms with Gasteiger partial charge < -0.3 is 6.53 Å². The maximum atomic E-state index is 13.1. The van der Waals surface area contributed by atoms with Crippen molar-refractivity contribution in [3.05, 3.63) is 82.9 Å². The number of phenolic OH excluding ortho intramolecular Hbond substituents is 1. The van der Waals surface area contributed by atoms with E-state index in [4.69, 9.17) is 0 Å². The molecule has 41 heavy (non-hydrogen) atoms. The van der Waals surface area contributed by atoms with Crippen LogP contribution < -0.4 is 56.1 Å². The first kappa shape index (κ1) is 32.7. The Morgan fingerprint density at radius 3 is 2.10 bits per heavy atom. The molecule has 18 heteroatoms. The molecule has 0 fully saturated rings. The van der Waals surface area contributed by atoms with Crippen LogP contribution in [0.2, 0.25) is 0 Å². The van der Waals surface area contributed by atoms with Crippen molar-refractivity contribution in [2.24, 2.45) is 10.2 Å². The van der Waals surface area contributed by atoms with Crippen LogP contribution in [-0.4, -0.2) is 46.1 Å². The number of nitrogens with zero attached hydrogens (tertiary/aromatic N) is 3. The number of azo groups is 1. The van der Waals surface area contributed by atoms with Crippen LogP contribution in [0, 0.1) is 10.1 Å². The molecule has 210 valence electrons. The van der Waals surface area contributed by atoms with Crippen molar-refractivity contribution in [1.29, 1.82) is 0 Å². The van der Waals surface area contributed by atoms with Gasteiger partial charge in [0.1, 0.15) is 16.3 Å². The van der Waals surface area contributed by atoms with E-state index < -0.39 is 55.3 Å². The second kappa shape index (κ2) is 12.2. The summed E-state index contributed by atoms with van der Waals surface area (Å²) in [6.07, 6.45) is 0.838. The van der Waals surface area contributed by atoms with Gasteiger partial charge in [-0.25, -0.2) is 16.8 Å². The molecule has 0 bridgehead atoms. The van der Waals surface area contributed by atoms with Crippen LogP contribution >= 0.6 is 0 Å². The van der Waals surface area contributed by atoms with Gasteiger partial charge in [0.15, 0.2) is 9.84 Å². The number of nitro groups is 1. The molecule has 0 aliphatic heterocycles.